The summed E-state index contributed by atoms with van der Waals surface area (Å²) in [6.07, 6.45) is 1.57. The highest BCUT2D eigenvalue weighted by Crippen LogP contribution is 2.38. The van der Waals surface area contributed by atoms with Gasteiger partial charge in [-0.05, 0) is 52.6 Å². The fourth-order valence-corrected chi connectivity index (χ4v) is 4.84. The zero-order chi connectivity index (χ0) is 24.1. The molecule has 0 atom stereocenters. The molecule has 0 bridgehead atoms. The van der Waals surface area contributed by atoms with E-state index in [-0.39, 0.29) is 5.84 Å². The van der Waals surface area contributed by atoms with E-state index in [0.717, 1.165) is 49.6 Å². The van der Waals surface area contributed by atoms with E-state index in [9.17, 15) is 0 Å². The highest BCUT2D eigenvalue weighted by atomic mass is 16.3. The van der Waals surface area contributed by atoms with Gasteiger partial charge in [-0.1, -0.05) is 73.8 Å². The van der Waals surface area contributed by atoms with Crippen LogP contribution in [0.25, 0.3) is 67.3 Å². The van der Waals surface area contributed by atoms with E-state index >= 15 is 0 Å². The summed E-state index contributed by atoms with van der Waals surface area (Å²) in [5, 5.41) is 11.6. The molecule has 0 saturated heterocycles. The second-order valence-corrected chi connectivity index (χ2v) is 8.50. The van der Waals surface area contributed by atoms with E-state index in [2.05, 4.69) is 49.6 Å². The Morgan fingerprint density at radius 3 is 2.20 bits per heavy atom. The predicted octanol–water partition coefficient (Wildman–Crippen LogP) is 6.35. The first-order chi connectivity index (χ1) is 17.0. The fourth-order valence-electron chi connectivity index (χ4n) is 4.84. The van der Waals surface area contributed by atoms with E-state index in [1.54, 1.807) is 6.08 Å². The minimum atomic E-state index is -0.0747. The maximum atomic E-state index is 7.97. The zero-order valence-corrected chi connectivity index (χ0v) is 19.0. The van der Waals surface area contributed by atoms with Crippen LogP contribution in [0.4, 0.5) is 0 Å². The molecule has 168 valence electrons. The molecule has 0 aliphatic rings. The number of amidine groups is 1. The molecule has 2 heterocycles. The zero-order valence-electron chi connectivity index (χ0n) is 19.0. The lowest BCUT2D eigenvalue weighted by Gasteiger charge is -2.06. The molecule has 0 aliphatic heterocycles. The second-order valence-electron chi connectivity index (χ2n) is 8.50. The van der Waals surface area contributed by atoms with Gasteiger partial charge >= 0.3 is 0 Å². The molecule has 0 spiro atoms. The molecule has 0 saturated carbocycles. The number of benzene rings is 4. The maximum absolute atomic E-state index is 7.97. The Morgan fingerprint density at radius 2 is 1.46 bits per heavy atom. The normalized spacial score (nSPS) is 12.3. The maximum Gasteiger partial charge on any atom is 0.136 e. The fraction of sp³-hybridized carbons (Fsp3) is 0. The van der Waals surface area contributed by atoms with Crippen molar-refractivity contribution in [3.8, 4) is 22.3 Å². The van der Waals surface area contributed by atoms with Gasteiger partial charge in [-0.15, -0.1) is 0 Å². The summed E-state index contributed by atoms with van der Waals surface area (Å²) >= 11 is 0. The molecule has 0 radical (unpaired) electrons. The van der Waals surface area contributed by atoms with Crippen LogP contribution in [0.2, 0.25) is 0 Å². The molecular weight excluding hydrogens is 432 g/mol. The molecule has 35 heavy (non-hydrogen) atoms. The van der Waals surface area contributed by atoms with Crippen molar-refractivity contribution in [3.05, 3.63) is 108 Å². The summed E-state index contributed by atoms with van der Waals surface area (Å²) in [5.74, 6) is -0.0747. The van der Waals surface area contributed by atoms with Gasteiger partial charge in [0.05, 0.1) is 0 Å². The third-order valence-corrected chi connectivity index (χ3v) is 6.44. The number of hydrogen-bond donors (Lipinski definition) is 2. The number of hydrogen-bond acceptors (Lipinski definition) is 3. The molecule has 0 aliphatic carbocycles. The van der Waals surface area contributed by atoms with Crippen LogP contribution >= 0.6 is 0 Å². The van der Waals surface area contributed by atoms with Crippen molar-refractivity contribution in [1.29, 1.82) is 5.41 Å². The number of rotatable bonds is 4. The quantitative estimate of drug-likeness (QED) is 0.241. The lowest BCUT2D eigenvalue weighted by Crippen LogP contribution is -2.27. The van der Waals surface area contributed by atoms with Crippen LogP contribution < -0.4 is 16.4 Å². The largest absolute Gasteiger partial charge is 0.457 e. The Kier molecular flexibility index (Phi) is 4.68. The van der Waals surface area contributed by atoms with Gasteiger partial charge in [0.15, 0.2) is 0 Å². The Morgan fingerprint density at radius 1 is 0.743 bits per heavy atom. The van der Waals surface area contributed by atoms with Crippen molar-refractivity contribution in [1.82, 2.24) is 0 Å². The van der Waals surface area contributed by atoms with Crippen molar-refractivity contribution in [2.24, 2.45) is 5.73 Å². The standard InChI is InChI=1S/C31H22N2O2/c1-3-22(31(32)33)29-18(2)34-26-15-13-21(17-24(26)29)23-10-7-11-28-30(23)25-16-20(12-14-27(25)35-28)19-8-5-4-6-9-19/h3-17H,1-2H2,(H3,32,33)/b29-22-. The molecule has 4 nitrogen and oxygen atoms in total. The summed E-state index contributed by atoms with van der Waals surface area (Å²) in [6.45, 7) is 7.86. The average Bonchev–Trinajstić information content (AvgIpc) is 3.41. The van der Waals surface area contributed by atoms with Gasteiger partial charge < -0.3 is 14.6 Å². The Labute approximate surface area is 201 Å². The van der Waals surface area contributed by atoms with Crippen LogP contribution in [0.3, 0.4) is 0 Å². The minimum Gasteiger partial charge on any atom is -0.457 e. The summed E-state index contributed by atoms with van der Waals surface area (Å²) in [7, 11) is 0. The van der Waals surface area contributed by atoms with Gasteiger partial charge in [-0.25, -0.2) is 0 Å². The summed E-state index contributed by atoms with van der Waals surface area (Å²) in [6, 6.07) is 28.8. The minimum absolute atomic E-state index is 0.0747. The number of furan rings is 2. The smallest absolute Gasteiger partial charge is 0.136 e. The first-order valence-corrected chi connectivity index (χ1v) is 11.3. The van der Waals surface area contributed by atoms with Crippen molar-refractivity contribution in [2.45, 2.75) is 0 Å². The Bertz CT molecular complexity index is 1910. The number of fused-ring (bicyclic) bond motifs is 4. The van der Waals surface area contributed by atoms with Crippen LogP contribution in [-0.2, 0) is 0 Å². The van der Waals surface area contributed by atoms with E-state index in [4.69, 9.17) is 20.0 Å². The lowest BCUT2D eigenvalue weighted by molar-refractivity contribution is 0.577. The molecule has 6 aromatic rings. The Balaban J connectivity index is 1.65. The van der Waals surface area contributed by atoms with Crippen molar-refractivity contribution < 1.29 is 8.83 Å². The van der Waals surface area contributed by atoms with Gasteiger partial charge in [-0.2, -0.15) is 0 Å². The third-order valence-electron chi connectivity index (χ3n) is 6.44. The number of nitrogens with two attached hydrogens (primary N) is 1. The molecule has 0 amide bonds. The molecule has 4 aromatic carbocycles. The van der Waals surface area contributed by atoms with Crippen molar-refractivity contribution >= 4 is 50.9 Å². The third kappa shape index (κ3) is 3.27. The summed E-state index contributed by atoms with van der Waals surface area (Å²) < 4.78 is 12.1. The SMILES string of the molecule is C=C/C(C(=N)N)=c1\c(=C)oc2ccc(-c3cccc4oc5ccc(-c6ccccc6)cc5c34)cc12. The van der Waals surface area contributed by atoms with Gasteiger partial charge in [-0.3, -0.25) is 5.41 Å². The second kappa shape index (κ2) is 7.89. The number of nitrogens with one attached hydrogen (secondary N) is 1. The van der Waals surface area contributed by atoms with Gasteiger partial charge in [0.2, 0.25) is 0 Å². The highest BCUT2D eigenvalue weighted by molar-refractivity contribution is 6.19. The lowest BCUT2D eigenvalue weighted by atomic mass is 9.96. The van der Waals surface area contributed by atoms with E-state index in [1.165, 1.54) is 0 Å². The molecular formula is C31H22N2O2. The van der Waals surface area contributed by atoms with Crippen LogP contribution in [0, 0.1) is 5.41 Å². The van der Waals surface area contributed by atoms with Crippen LogP contribution in [0.1, 0.15) is 0 Å². The molecule has 4 heteroatoms. The van der Waals surface area contributed by atoms with Gasteiger partial charge in [0, 0.05) is 27.0 Å². The van der Waals surface area contributed by atoms with Gasteiger partial charge in [0.1, 0.15) is 28.0 Å². The summed E-state index contributed by atoms with van der Waals surface area (Å²) in [5.41, 5.74) is 13.5. The molecule has 0 unspecified atom stereocenters. The summed E-state index contributed by atoms with van der Waals surface area (Å²) in [4.78, 5) is 0. The highest BCUT2D eigenvalue weighted by Gasteiger charge is 2.15. The Hall–Kier alpha value is -4.83. The molecule has 2 aromatic heterocycles. The first-order valence-electron chi connectivity index (χ1n) is 11.3. The van der Waals surface area contributed by atoms with Crippen molar-refractivity contribution in [2.75, 3.05) is 0 Å². The molecule has 6 rings (SSSR count). The van der Waals surface area contributed by atoms with Crippen LogP contribution in [-0.4, -0.2) is 5.84 Å². The average molecular weight is 455 g/mol. The van der Waals surface area contributed by atoms with E-state index < -0.39 is 0 Å². The monoisotopic (exact) mass is 454 g/mol. The van der Waals surface area contributed by atoms with Crippen LogP contribution in [0.5, 0.6) is 0 Å². The topological polar surface area (TPSA) is 76.2 Å². The van der Waals surface area contributed by atoms with Crippen LogP contribution in [0.15, 0.2) is 106 Å². The molecule has 0 fully saturated rings. The first kappa shape index (κ1) is 20.8. The van der Waals surface area contributed by atoms with Crippen molar-refractivity contribution in [3.63, 3.8) is 0 Å². The van der Waals surface area contributed by atoms with E-state index in [0.29, 0.717) is 21.8 Å². The van der Waals surface area contributed by atoms with Gasteiger partial charge in [0.25, 0.3) is 0 Å². The predicted molar refractivity (Wildman–Crippen MR) is 145 cm³/mol. The molecule has 3 N–H and O–H groups in total. The van der Waals surface area contributed by atoms with E-state index in [1.807, 2.05) is 48.5 Å².